The molecule has 1 aromatic rings. The van der Waals surface area contributed by atoms with Gasteiger partial charge in [-0.15, -0.1) is 0 Å². The van der Waals surface area contributed by atoms with Crippen LogP contribution in [0.25, 0.3) is 0 Å². The van der Waals surface area contributed by atoms with Crippen molar-refractivity contribution in [1.29, 1.82) is 0 Å². The molecular formula is C18H28N2O3. The van der Waals surface area contributed by atoms with Crippen LogP contribution >= 0.6 is 0 Å². The summed E-state index contributed by atoms with van der Waals surface area (Å²) in [6.07, 6.45) is 3.51. The Bertz CT molecular complexity index is 487. The number of carbonyl (C=O) groups excluding carboxylic acids is 1. The largest absolute Gasteiger partial charge is 0.494 e. The molecule has 1 fully saturated rings. The van der Waals surface area contributed by atoms with Gasteiger partial charge in [0, 0.05) is 19.0 Å². The fraction of sp³-hybridized carbons (Fsp3) is 0.611. The van der Waals surface area contributed by atoms with Crippen LogP contribution in [0.15, 0.2) is 24.3 Å². The van der Waals surface area contributed by atoms with Crippen molar-refractivity contribution in [1.82, 2.24) is 10.2 Å². The monoisotopic (exact) mass is 320 g/mol. The van der Waals surface area contributed by atoms with Crippen molar-refractivity contribution < 1.29 is 14.6 Å². The van der Waals surface area contributed by atoms with E-state index in [2.05, 4.69) is 29.3 Å². The van der Waals surface area contributed by atoms with Crippen molar-refractivity contribution in [2.45, 2.75) is 38.6 Å². The Balaban J connectivity index is 1.73. The second-order valence-corrected chi connectivity index (χ2v) is 6.02. The van der Waals surface area contributed by atoms with Gasteiger partial charge in [0.05, 0.1) is 13.2 Å². The van der Waals surface area contributed by atoms with Crippen LogP contribution < -0.4 is 10.1 Å². The molecule has 2 rings (SSSR count). The number of aliphatic hydroxyl groups is 1. The van der Waals surface area contributed by atoms with Crippen LogP contribution in [-0.4, -0.2) is 48.8 Å². The summed E-state index contributed by atoms with van der Waals surface area (Å²) in [7, 11) is 0. The smallest absolute Gasteiger partial charge is 0.222 e. The van der Waals surface area contributed by atoms with Gasteiger partial charge in [0.15, 0.2) is 0 Å². The maximum atomic E-state index is 11.2. The van der Waals surface area contributed by atoms with Crippen LogP contribution in [0.2, 0.25) is 0 Å². The van der Waals surface area contributed by atoms with Crippen LogP contribution in [0, 0.1) is 0 Å². The number of ether oxygens (including phenoxy) is 1. The van der Waals surface area contributed by atoms with E-state index in [0.29, 0.717) is 19.2 Å². The number of amides is 1. The lowest BCUT2D eigenvalue weighted by molar-refractivity contribution is -0.121. The average molecular weight is 320 g/mol. The number of hydrogen-bond acceptors (Lipinski definition) is 4. The van der Waals surface area contributed by atoms with Gasteiger partial charge >= 0.3 is 0 Å². The van der Waals surface area contributed by atoms with E-state index in [9.17, 15) is 4.79 Å². The van der Waals surface area contributed by atoms with Gasteiger partial charge in [-0.2, -0.15) is 0 Å². The summed E-state index contributed by atoms with van der Waals surface area (Å²) in [5.74, 6) is 0.768. The van der Waals surface area contributed by atoms with Crippen LogP contribution in [0.4, 0.5) is 0 Å². The van der Waals surface area contributed by atoms with E-state index < -0.39 is 0 Å². The molecule has 0 spiro atoms. The molecule has 0 saturated carbocycles. The quantitative estimate of drug-likeness (QED) is 0.684. The SMILES string of the molecule is CC(c1cccc(OCCCNC(=O)CCO)c1)N1CCCC1. The fourth-order valence-corrected chi connectivity index (χ4v) is 2.88. The number of carbonyl (C=O) groups is 1. The van der Waals surface area contributed by atoms with E-state index in [1.807, 2.05) is 12.1 Å². The molecule has 23 heavy (non-hydrogen) atoms. The van der Waals surface area contributed by atoms with Crippen molar-refractivity contribution in [3.63, 3.8) is 0 Å². The lowest BCUT2D eigenvalue weighted by Crippen LogP contribution is -2.26. The highest BCUT2D eigenvalue weighted by atomic mass is 16.5. The third-order valence-electron chi connectivity index (χ3n) is 4.28. The van der Waals surface area contributed by atoms with Crippen LogP contribution in [0.1, 0.15) is 44.2 Å². The second-order valence-electron chi connectivity index (χ2n) is 6.02. The summed E-state index contributed by atoms with van der Waals surface area (Å²) in [6, 6.07) is 8.72. The van der Waals surface area contributed by atoms with Gasteiger partial charge < -0.3 is 15.2 Å². The first-order valence-electron chi connectivity index (χ1n) is 8.55. The summed E-state index contributed by atoms with van der Waals surface area (Å²) < 4.78 is 5.78. The van der Waals surface area contributed by atoms with Gasteiger partial charge in [-0.1, -0.05) is 12.1 Å². The number of aliphatic hydroxyl groups excluding tert-OH is 1. The van der Waals surface area contributed by atoms with Crippen LogP contribution in [-0.2, 0) is 4.79 Å². The number of nitrogens with one attached hydrogen (secondary N) is 1. The predicted octanol–water partition coefficient (Wildman–Crippen LogP) is 2.11. The highest BCUT2D eigenvalue weighted by Crippen LogP contribution is 2.26. The molecule has 0 bridgehead atoms. The van der Waals surface area contributed by atoms with Gasteiger partial charge in [-0.25, -0.2) is 0 Å². The Morgan fingerprint density at radius 3 is 2.91 bits per heavy atom. The first kappa shape index (κ1) is 17.8. The Kier molecular flexibility index (Phi) is 7.36. The molecule has 1 aromatic carbocycles. The van der Waals surface area contributed by atoms with Gasteiger partial charge in [0.2, 0.25) is 5.91 Å². The zero-order valence-electron chi connectivity index (χ0n) is 14.0. The lowest BCUT2D eigenvalue weighted by Gasteiger charge is -2.24. The summed E-state index contributed by atoms with van der Waals surface area (Å²) in [6.45, 7) is 5.65. The minimum Gasteiger partial charge on any atom is -0.494 e. The fourth-order valence-electron chi connectivity index (χ4n) is 2.88. The second kappa shape index (κ2) is 9.53. The van der Waals surface area contributed by atoms with Crippen molar-refractivity contribution in [3.8, 4) is 5.75 Å². The van der Waals surface area contributed by atoms with Crippen molar-refractivity contribution in [2.24, 2.45) is 0 Å². The van der Waals surface area contributed by atoms with Gasteiger partial charge in [0.1, 0.15) is 5.75 Å². The summed E-state index contributed by atoms with van der Waals surface area (Å²) in [5.41, 5.74) is 1.29. The first-order chi connectivity index (χ1) is 11.2. The molecule has 128 valence electrons. The van der Waals surface area contributed by atoms with Gasteiger partial charge in [-0.05, 0) is 57.0 Å². The van der Waals surface area contributed by atoms with Gasteiger partial charge in [0.25, 0.3) is 0 Å². The van der Waals surface area contributed by atoms with Crippen molar-refractivity contribution >= 4 is 5.91 Å². The maximum absolute atomic E-state index is 11.2. The molecule has 1 aliphatic rings. The summed E-state index contributed by atoms with van der Waals surface area (Å²) in [4.78, 5) is 13.7. The molecule has 0 radical (unpaired) electrons. The number of likely N-dealkylation sites (tertiary alicyclic amines) is 1. The zero-order chi connectivity index (χ0) is 16.5. The molecule has 1 heterocycles. The number of nitrogens with zero attached hydrogens (tertiary/aromatic N) is 1. The van der Waals surface area contributed by atoms with E-state index >= 15 is 0 Å². The number of hydrogen-bond donors (Lipinski definition) is 2. The molecular weight excluding hydrogens is 292 g/mol. The van der Waals surface area contributed by atoms with Crippen molar-refractivity contribution in [2.75, 3.05) is 32.8 Å². The minimum atomic E-state index is -0.117. The topological polar surface area (TPSA) is 61.8 Å². The first-order valence-corrected chi connectivity index (χ1v) is 8.55. The van der Waals surface area contributed by atoms with E-state index in [-0.39, 0.29) is 18.9 Å². The van der Waals surface area contributed by atoms with Crippen LogP contribution in [0.3, 0.4) is 0 Å². The normalized spacial score (nSPS) is 16.3. The zero-order valence-corrected chi connectivity index (χ0v) is 14.0. The molecule has 1 amide bonds. The molecule has 5 nitrogen and oxygen atoms in total. The van der Waals surface area contributed by atoms with Crippen LogP contribution in [0.5, 0.6) is 5.75 Å². The molecule has 1 unspecified atom stereocenters. The van der Waals surface area contributed by atoms with E-state index in [4.69, 9.17) is 9.84 Å². The van der Waals surface area contributed by atoms with E-state index in [1.54, 1.807) is 0 Å². The average Bonchev–Trinajstić information content (AvgIpc) is 3.09. The summed E-state index contributed by atoms with van der Waals surface area (Å²) in [5, 5.41) is 11.4. The molecule has 5 heteroatoms. The van der Waals surface area contributed by atoms with E-state index in [0.717, 1.165) is 12.2 Å². The third kappa shape index (κ3) is 5.84. The predicted molar refractivity (Wildman–Crippen MR) is 90.5 cm³/mol. The molecule has 1 atom stereocenters. The molecule has 0 aliphatic carbocycles. The summed E-state index contributed by atoms with van der Waals surface area (Å²) >= 11 is 0. The van der Waals surface area contributed by atoms with E-state index in [1.165, 1.54) is 31.5 Å². The standard InChI is InChI=1S/C18H28N2O3/c1-15(20-10-2-3-11-20)16-6-4-7-17(14-16)23-13-5-9-19-18(22)8-12-21/h4,6-7,14-15,21H,2-3,5,8-13H2,1H3,(H,19,22). The number of rotatable bonds is 9. The highest BCUT2D eigenvalue weighted by Gasteiger charge is 2.19. The maximum Gasteiger partial charge on any atom is 0.222 e. The lowest BCUT2D eigenvalue weighted by atomic mass is 10.1. The number of benzene rings is 1. The Morgan fingerprint density at radius 2 is 2.17 bits per heavy atom. The Labute approximate surface area is 138 Å². The minimum absolute atomic E-state index is 0.107. The van der Waals surface area contributed by atoms with Gasteiger partial charge in [-0.3, -0.25) is 9.69 Å². The highest BCUT2D eigenvalue weighted by molar-refractivity contribution is 5.75. The molecule has 2 N–H and O–H groups in total. The Hall–Kier alpha value is -1.59. The Morgan fingerprint density at radius 1 is 1.39 bits per heavy atom. The molecule has 1 aliphatic heterocycles. The van der Waals surface area contributed by atoms with Crippen molar-refractivity contribution in [3.05, 3.63) is 29.8 Å². The molecule has 1 saturated heterocycles. The third-order valence-corrected chi connectivity index (χ3v) is 4.28. The molecule has 0 aromatic heterocycles.